The van der Waals surface area contributed by atoms with Gasteiger partial charge in [-0.15, -0.1) is 10.2 Å². The number of nitrogens with one attached hydrogen (secondary N) is 1. The summed E-state index contributed by atoms with van der Waals surface area (Å²) in [6, 6.07) is 18.7. The molecule has 7 nitrogen and oxygen atoms in total. The fourth-order valence-electron chi connectivity index (χ4n) is 2.85. The van der Waals surface area contributed by atoms with E-state index >= 15 is 0 Å². The van der Waals surface area contributed by atoms with Gasteiger partial charge in [0.05, 0.1) is 11.4 Å². The van der Waals surface area contributed by atoms with E-state index in [1.54, 1.807) is 28.8 Å². The Morgan fingerprint density at radius 1 is 0.967 bits per heavy atom. The van der Waals surface area contributed by atoms with E-state index in [-0.39, 0.29) is 17.4 Å². The Kier molecular flexibility index (Phi) is 5.58. The van der Waals surface area contributed by atoms with E-state index in [4.69, 9.17) is 0 Å². The molecular formula is C22H19N5O2S. The summed E-state index contributed by atoms with van der Waals surface area (Å²) < 4.78 is 1.65. The zero-order valence-electron chi connectivity index (χ0n) is 16.5. The zero-order chi connectivity index (χ0) is 21.1. The van der Waals surface area contributed by atoms with Crippen molar-refractivity contribution in [1.29, 1.82) is 0 Å². The van der Waals surface area contributed by atoms with Crippen LogP contribution in [0.15, 0.2) is 65.8 Å². The maximum Gasteiger partial charge on any atom is 0.234 e. The summed E-state index contributed by atoms with van der Waals surface area (Å²) in [5.41, 5.74) is 4.85. The van der Waals surface area contributed by atoms with Crippen molar-refractivity contribution < 1.29 is 9.59 Å². The van der Waals surface area contributed by atoms with Crippen LogP contribution < -0.4 is 5.32 Å². The van der Waals surface area contributed by atoms with Gasteiger partial charge >= 0.3 is 0 Å². The number of nitrogens with zero attached hydrogens (tertiary/aromatic N) is 4. The molecule has 2 aromatic heterocycles. The maximum absolute atomic E-state index is 12.3. The van der Waals surface area contributed by atoms with E-state index < -0.39 is 0 Å². The topological polar surface area (TPSA) is 89.2 Å². The van der Waals surface area contributed by atoms with Crippen molar-refractivity contribution in [2.24, 2.45) is 0 Å². The van der Waals surface area contributed by atoms with Crippen molar-refractivity contribution in [3.63, 3.8) is 0 Å². The molecule has 0 saturated heterocycles. The third kappa shape index (κ3) is 4.38. The first kappa shape index (κ1) is 19.8. The highest BCUT2D eigenvalue weighted by Crippen LogP contribution is 2.21. The molecule has 0 aliphatic rings. The Morgan fingerprint density at radius 3 is 2.40 bits per heavy atom. The summed E-state index contributed by atoms with van der Waals surface area (Å²) in [5, 5.41) is 16.3. The second kappa shape index (κ2) is 8.46. The van der Waals surface area contributed by atoms with Crippen molar-refractivity contribution in [3.8, 4) is 11.3 Å². The molecule has 0 fully saturated rings. The molecule has 0 radical (unpaired) electrons. The van der Waals surface area contributed by atoms with Crippen molar-refractivity contribution in [2.75, 3.05) is 11.1 Å². The molecule has 0 unspecified atom stereocenters. The van der Waals surface area contributed by atoms with Gasteiger partial charge in [-0.3, -0.25) is 9.59 Å². The van der Waals surface area contributed by atoms with Crippen LogP contribution in [-0.4, -0.2) is 37.3 Å². The van der Waals surface area contributed by atoms with E-state index in [1.807, 2.05) is 43.3 Å². The largest absolute Gasteiger partial charge is 0.325 e. The molecule has 0 bridgehead atoms. The highest BCUT2D eigenvalue weighted by molar-refractivity contribution is 7.99. The van der Waals surface area contributed by atoms with Crippen LogP contribution in [0, 0.1) is 6.92 Å². The predicted octanol–water partition coefficient (Wildman–Crippen LogP) is 4.03. The van der Waals surface area contributed by atoms with Gasteiger partial charge in [0.2, 0.25) is 11.1 Å². The Bertz CT molecular complexity index is 1220. The Balaban J connectivity index is 1.45. The second-order valence-corrected chi connectivity index (χ2v) is 7.75. The first-order valence-corrected chi connectivity index (χ1v) is 10.3. The van der Waals surface area contributed by atoms with Crippen LogP contribution in [0.5, 0.6) is 0 Å². The number of rotatable bonds is 6. The quantitative estimate of drug-likeness (QED) is 0.376. The van der Waals surface area contributed by atoms with E-state index in [9.17, 15) is 9.59 Å². The predicted molar refractivity (Wildman–Crippen MR) is 117 cm³/mol. The fraction of sp³-hybridized carbons (Fsp3) is 0.136. The van der Waals surface area contributed by atoms with Crippen LogP contribution >= 0.6 is 11.8 Å². The van der Waals surface area contributed by atoms with Gasteiger partial charge in [-0.2, -0.15) is 9.61 Å². The monoisotopic (exact) mass is 417 g/mol. The zero-order valence-corrected chi connectivity index (χ0v) is 17.3. The van der Waals surface area contributed by atoms with Gasteiger partial charge in [0.1, 0.15) is 0 Å². The lowest BCUT2D eigenvalue weighted by atomic mass is 10.1. The van der Waals surface area contributed by atoms with Gasteiger partial charge < -0.3 is 5.32 Å². The van der Waals surface area contributed by atoms with Crippen LogP contribution in [0.2, 0.25) is 0 Å². The number of amides is 1. The smallest absolute Gasteiger partial charge is 0.234 e. The number of hydrogen-bond donors (Lipinski definition) is 1. The minimum atomic E-state index is -0.179. The molecule has 0 aliphatic heterocycles. The van der Waals surface area contributed by atoms with Crippen LogP contribution in [0.25, 0.3) is 16.9 Å². The summed E-state index contributed by atoms with van der Waals surface area (Å²) in [6.07, 6.45) is 0. The Labute approximate surface area is 177 Å². The van der Waals surface area contributed by atoms with Crippen LogP contribution in [-0.2, 0) is 4.79 Å². The Morgan fingerprint density at radius 2 is 1.70 bits per heavy atom. The Hall–Kier alpha value is -3.52. The number of benzene rings is 2. The molecule has 4 rings (SSSR count). The molecule has 0 saturated carbocycles. The van der Waals surface area contributed by atoms with Crippen LogP contribution in [0.3, 0.4) is 0 Å². The summed E-state index contributed by atoms with van der Waals surface area (Å²) in [4.78, 5) is 23.6. The van der Waals surface area contributed by atoms with Crippen molar-refractivity contribution >= 4 is 34.8 Å². The van der Waals surface area contributed by atoms with E-state index in [1.165, 1.54) is 24.2 Å². The first-order valence-electron chi connectivity index (χ1n) is 9.33. The summed E-state index contributed by atoms with van der Waals surface area (Å²) >= 11 is 1.26. The van der Waals surface area contributed by atoms with Gasteiger partial charge in [0.15, 0.2) is 11.4 Å². The number of fused-ring (bicyclic) bond motifs is 1. The van der Waals surface area contributed by atoms with Crippen LogP contribution in [0.4, 0.5) is 5.69 Å². The molecular weight excluding hydrogens is 398 g/mol. The number of ketones is 1. The molecule has 4 aromatic rings. The highest BCUT2D eigenvalue weighted by atomic mass is 32.2. The number of aromatic nitrogens is 4. The average molecular weight is 417 g/mol. The van der Waals surface area contributed by atoms with Crippen LogP contribution in [0.1, 0.15) is 22.8 Å². The fourth-order valence-corrected chi connectivity index (χ4v) is 3.54. The highest BCUT2D eigenvalue weighted by Gasteiger charge is 2.12. The molecule has 2 aromatic carbocycles. The van der Waals surface area contributed by atoms with Gasteiger partial charge in [0.25, 0.3) is 0 Å². The summed E-state index contributed by atoms with van der Waals surface area (Å²) in [7, 11) is 0. The van der Waals surface area contributed by atoms with E-state index in [2.05, 4.69) is 20.6 Å². The number of thioether (sulfide) groups is 1. The van der Waals surface area contributed by atoms with E-state index in [0.29, 0.717) is 22.1 Å². The second-order valence-electron chi connectivity index (χ2n) is 6.81. The number of carbonyl (C=O) groups excluding carboxylic acids is 2. The first-order chi connectivity index (χ1) is 14.5. The lowest BCUT2D eigenvalue weighted by Crippen LogP contribution is -2.14. The molecule has 30 heavy (non-hydrogen) atoms. The molecule has 2 heterocycles. The minimum Gasteiger partial charge on any atom is -0.325 e. The molecule has 150 valence electrons. The molecule has 1 amide bonds. The minimum absolute atomic E-state index is 0.0142. The van der Waals surface area contributed by atoms with E-state index in [0.717, 1.165) is 11.3 Å². The summed E-state index contributed by atoms with van der Waals surface area (Å²) in [5.74, 6) is -0.0345. The molecule has 0 aliphatic carbocycles. The SMILES string of the molecule is CC(=O)c1ccc(NC(=O)CSc2nnc3ccc(-c4ccc(C)cc4)nn23)cc1. The molecule has 0 spiro atoms. The molecule has 8 heteroatoms. The average Bonchev–Trinajstić information content (AvgIpc) is 3.15. The number of carbonyl (C=O) groups is 2. The lowest BCUT2D eigenvalue weighted by molar-refractivity contribution is -0.113. The number of Topliss-reactive ketones (excluding diaryl/α,β-unsaturated/α-hetero) is 1. The standard InChI is InChI=1S/C22H19N5O2S/c1-14-3-5-17(6-4-14)19-11-12-20-24-25-22(27(20)26-19)30-13-21(29)23-18-9-7-16(8-10-18)15(2)28/h3-12H,13H2,1-2H3,(H,23,29). The van der Waals surface area contributed by atoms with Gasteiger partial charge in [0, 0.05) is 16.8 Å². The molecule has 1 N–H and O–H groups in total. The van der Waals surface area contributed by atoms with Crippen molar-refractivity contribution in [1.82, 2.24) is 19.8 Å². The number of hydrogen-bond acceptors (Lipinski definition) is 6. The van der Waals surface area contributed by atoms with Crippen molar-refractivity contribution in [2.45, 2.75) is 19.0 Å². The van der Waals surface area contributed by atoms with Gasteiger partial charge in [-0.25, -0.2) is 0 Å². The number of aryl methyl sites for hydroxylation is 1. The van der Waals surface area contributed by atoms with Gasteiger partial charge in [-0.05, 0) is 50.2 Å². The van der Waals surface area contributed by atoms with Crippen molar-refractivity contribution in [3.05, 3.63) is 71.8 Å². The summed E-state index contributed by atoms with van der Waals surface area (Å²) in [6.45, 7) is 3.54. The number of anilines is 1. The lowest BCUT2D eigenvalue weighted by Gasteiger charge is -2.06. The maximum atomic E-state index is 12.3. The molecule has 0 atom stereocenters. The third-order valence-corrected chi connectivity index (χ3v) is 5.41. The van der Waals surface area contributed by atoms with Gasteiger partial charge in [-0.1, -0.05) is 41.6 Å². The normalized spacial score (nSPS) is 10.9. The third-order valence-electron chi connectivity index (χ3n) is 4.49.